The van der Waals surface area contributed by atoms with Gasteiger partial charge in [-0.3, -0.25) is 0 Å². The second kappa shape index (κ2) is 4.07. The van der Waals surface area contributed by atoms with Crippen molar-refractivity contribution in [3.8, 4) is 11.1 Å². The molecule has 0 aromatic heterocycles. The molecule has 17 heavy (non-hydrogen) atoms. The lowest BCUT2D eigenvalue weighted by molar-refractivity contribution is 1.20. The van der Waals surface area contributed by atoms with E-state index in [-0.39, 0.29) is 5.38 Å². The lowest BCUT2D eigenvalue weighted by Gasteiger charge is -2.05. The molecule has 2 aromatic rings. The summed E-state index contributed by atoms with van der Waals surface area (Å²) in [5.74, 6) is 0. The van der Waals surface area contributed by atoms with Crippen LogP contribution in [-0.4, -0.2) is 0 Å². The van der Waals surface area contributed by atoms with Gasteiger partial charge in [0.25, 0.3) is 0 Å². The van der Waals surface area contributed by atoms with Gasteiger partial charge in [0.05, 0.1) is 10.4 Å². The van der Waals surface area contributed by atoms with Crippen LogP contribution in [-0.2, 0) is 0 Å². The molecule has 1 aliphatic carbocycles. The van der Waals surface area contributed by atoms with Crippen molar-refractivity contribution in [2.75, 3.05) is 0 Å². The first kappa shape index (κ1) is 11.7. The first-order valence-corrected chi connectivity index (χ1v) is 6.58. The Morgan fingerprint density at radius 3 is 2.29 bits per heavy atom. The van der Waals surface area contributed by atoms with Crippen molar-refractivity contribution in [2.45, 2.75) is 5.38 Å². The maximum atomic E-state index is 6.41. The predicted molar refractivity (Wildman–Crippen MR) is 74.6 cm³/mol. The summed E-state index contributed by atoms with van der Waals surface area (Å²) >= 11 is 24.6. The lowest BCUT2D eigenvalue weighted by Crippen LogP contribution is -1.86. The zero-order valence-electron chi connectivity index (χ0n) is 8.48. The molecule has 0 unspecified atom stereocenters. The highest BCUT2D eigenvalue weighted by Gasteiger charge is 2.29. The average Bonchev–Trinajstić information content (AvgIpc) is 2.53. The smallest absolute Gasteiger partial charge is 0.0848 e. The van der Waals surface area contributed by atoms with Crippen LogP contribution in [0.15, 0.2) is 30.3 Å². The highest BCUT2D eigenvalue weighted by atomic mass is 35.5. The molecular formula is C13H6Cl4. The molecule has 0 fully saturated rings. The summed E-state index contributed by atoms with van der Waals surface area (Å²) in [7, 11) is 0. The minimum absolute atomic E-state index is 0.241. The van der Waals surface area contributed by atoms with Gasteiger partial charge in [-0.05, 0) is 41.0 Å². The van der Waals surface area contributed by atoms with Crippen molar-refractivity contribution < 1.29 is 0 Å². The summed E-state index contributed by atoms with van der Waals surface area (Å²) in [6, 6.07) is 9.24. The molecule has 0 saturated heterocycles. The van der Waals surface area contributed by atoms with Crippen molar-refractivity contribution in [3.63, 3.8) is 0 Å². The SMILES string of the molecule is Clc1ccc2c(c1)[C@H](Cl)c1cc(Cl)cc(Cl)c1-2. The van der Waals surface area contributed by atoms with Crippen LogP contribution in [0.2, 0.25) is 15.1 Å². The normalized spacial score (nSPS) is 16.8. The Kier molecular flexibility index (Phi) is 2.79. The van der Waals surface area contributed by atoms with Crippen molar-refractivity contribution in [1.82, 2.24) is 0 Å². The van der Waals surface area contributed by atoms with Gasteiger partial charge in [-0.1, -0.05) is 40.9 Å². The van der Waals surface area contributed by atoms with Crippen LogP contribution in [0.1, 0.15) is 16.5 Å². The Hall–Kier alpha value is -0.400. The summed E-state index contributed by atoms with van der Waals surface area (Å²) in [6.07, 6.45) is 0. The second-order valence-electron chi connectivity index (χ2n) is 3.95. The van der Waals surface area contributed by atoms with Gasteiger partial charge in [-0.2, -0.15) is 0 Å². The molecule has 0 saturated carbocycles. The van der Waals surface area contributed by atoms with E-state index in [1.165, 1.54) is 0 Å². The summed E-state index contributed by atoms with van der Waals surface area (Å²) in [5, 5.41) is 1.65. The van der Waals surface area contributed by atoms with Crippen LogP contribution in [0, 0.1) is 0 Å². The number of alkyl halides is 1. The van der Waals surface area contributed by atoms with Crippen molar-refractivity contribution >= 4 is 46.4 Å². The molecule has 0 aliphatic heterocycles. The van der Waals surface area contributed by atoms with E-state index in [0.29, 0.717) is 15.1 Å². The van der Waals surface area contributed by atoms with Gasteiger partial charge in [0, 0.05) is 15.6 Å². The number of rotatable bonds is 0. The van der Waals surface area contributed by atoms with E-state index in [1.807, 2.05) is 24.3 Å². The van der Waals surface area contributed by atoms with Crippen molar-refractivity contribution in [1.29, 1.82) is 0 Å². The van der Waals surface area contributed by atoms with Gasteiger partial charge in [0.1, 0.15) is 0 Å². The third kappa shape index (κ3) is 1.75. The predicted octanol–water partition coefficient (Wildman–Crippen LogP) is 5.96. The van der Waals surface area contributed by atoms with E-state index >= 15 is 0 Å². The molecule has 1 aliphatic rings. The highest BCUT2D eigenvalue weighted by molar-refractivity contribution is 6.38. The fourth-order valence-electron chi connectivity index (χ4n) is 2.22. The van der Waals surface area contributed by atoms with Crippen LogP contribution in [0.25, 0.3) is 11.1 Å². The topological polar surface area (TPSA) is 0 Å². The standard InChI is InChI=1S/C13H6Cl4/c14-6-1-2-8-9(3-6)13(17)10-4-7(15)5-11(16)12(8)10/h1-5,13H/t13-/m0/s1. The largest absolute Gasteiger partial charge is 0.113 e. The monoisotopic (exact) mass is 302 g/mol. The molecule has 0 radical (unpaired) electrons. The van der Waals surface area contributed by atoms with E-state index in [0.717, 1.165) is 22.3 Å². The maximum Gasteiger partial charge on any atom is 0.0848 e. The minimum atomic E-state index is -0.241. The number of hydrogen-bond donors (Lipinski definition) is 0. The van der Waals surface area contributed by atoms with Crippen molar-refractivity contribution in [3.05, 3.63) is 56.5 Å². The zero-order valence-corrected chi connectivity index (χ0v) is 11.5. The van der Waals surface area contributed by atoms with Crippen LogP contribution >= 0.6 is 46.4 Å². The van der Waals surface area contributed by atoms with Crippen LogP contribution in [0.5, 0.6) is 0 Å². The van der Waals surface area contributed by atoms with Gasteiger partial charge in [0.15, 0.2) is 0 Å². The fourth-order valence-corrected chi connectivity index (χ4v) is 3.36. The van der Waals surface area contributed by atoms with E-state index in [2.05, 4.69) is 0 Å². The third-order valence-corrected chi connectivity index (χ3v) is 4.14. The van der Waals surface area contributed by atoms with Gasteiger partial charge in [0.2, 0.25) is 0 Å². The van der Waals surface area contributed by atoms with Gasteiger partial charge in [-0.15, -0.1) is 11.6 Å². The Morgan fingerprint density at radius 2 is 1.53 bits per heavy atom. The molecule has 0 nitrogen and oxygen atoms in total. The molecule has 86 valence electrons. The van der Waals surface area contributed by atoms with E-state index in [1.54, 1.807) is 6.07 Å². The lowest BCUT2D eigenvalue weighted by atomic mass is 10.1. The summed E-state index contributed by atoms with van der Waals surface area (Å²) < 4.78 is 0. The summed E-state index contributed by atoms with van der Waals surface area (Å²) in [4.78, 5) is 0. The molecule has 1 atom stereocenters. The second-order valence-corrected chi connectivity index (χ2v) is 5.66. The first-order chi connectivity index (χ1) is 8.08. The number of halogens is 4. The highest BCUT2D eigenvalue weighted by Crippen LogP contribution is 2.51. The van der Waals surface area contributed by atoms with Gasteiger partial charge >= 0.3 is 0 Å². The molecule has 0 N–H and O–H groups in total. The van der Waals surface area contributed by atoms with Gasteiger partial charge < -0.3 is 0 Å². The maximum absolute atomic E-state index is 6.41. The van der Waals surface area contributed by atoms with E-state index < -0.39 is 0 Å². The summed E-state index contributed by atoms with van der Waals surface area (Å²) in [6.45, 7) is 0. The van der Waals surface area contributed by atoms with Crippen LogP contribution < -0.4 is 0 Å². The number of fused-ring (bicyclic) bond motifs is 3. The Balaban J connectivity index is 2.35. The molecule has 0 spiro atoms. The summed E-state index contributed by atoms with van der Waals surface area (Å²) in [5.41, 5.74) is 3.92. The molecule has 2 aromatic carbocycles. The Labute approximate surface area is 119 Å². The minimum Gasteiger partial charge on any atom is -0.113 e. The van der Waals surface area contributed by atoms with Crippen molar-refractivity contribution in [2.24, 2.45) is 0 Å². The van der Waals surface area contributed by atoms with E-state index in [4.69, 9.17) is 46.4 Å². The Bertz CT molecular complexity index is 619. The fraction of sp³-hybridized carbons (Fsp3) is 0.0769. The van der Waals surface area contributed by atoms with E-state index in [9.17, 15) is 0 Å². The zero-order chi connectivity index (χ0) is 12.2. The van der Waals surface area contributed by atoms with Gasteiger partial charge in [-0.25, -0.2) is 0 Å². The first-order valence-electron chi connectivity index (χ1n) is 5.01. The average molecular weight is 304 g/mol. The molecule has 0 bridgehead atoms. The van der Waals surface area contributed by atoms with Crippen LogP contribution in [0.3, 0.4) is 0 Å². The third-order valence-electron chi connectivity index (χ3n) is 2.91. The molecule has 0 amide bonds. The molecular weight excluding hydrogens is 298 g/mol. The molecule has 0 heterocycles. The number of hydrogen-bond acceptors (Lipinski definition) is 0. The molecule has 3 rings (SSSR count). The van der Waals surface area contributed by atoms with Crippen LogP contribution in [0.4, 0.5) is 0 Å². The quantitative estimate of drug-likeness (QED) is 0.527. The molecule has 4 heteroatoms. The number of benzene rings is 2. The Morgan fingerprint density at radius 1 is 0.824 bits per heavy atom.